The number of carbonyl (C=O) groups excluding carboxylic acids is 1. The molecule has 3 nitrogen and oxygen atoms in total. The molecule has 0 saturated heterocycles. The minimum absolute atomic E-state index is 0.00597. The first-order valence-electron chi connectivity index (χ1n) is 6.17. The van der Waals surface area contributed by atoms with Crippen LogP contribution in [0.1, 0.15) is 43.1 Å². The van der Waals surface area contributed by atoms with Gasteiger partial charge in [-0.15, -0.1) is 0 Å². The molecule has 1 N–H and O–H groups in total. The highest BCUT2D eigenvalue weighted by molar-refractivity contribution is 9.10. The molecule has 1 aliphatic rings. The SMILES string of the molecule is CC[C@@H](N1Cc2cccc(Br)c2C1=O)C(C)(C)O. The van der Waals surface area contributed by atoms with Crippen LogP contribution in [0.4, 0.5) is 0 Å². The summed E-state index contributed by atoms with van der Waals surface area (Å²) in [5.74, 6) is 0.00597. The number of fused-ring (bicyclic) bond motifs is 1. The molecule has 0 spiro atoms. The fraction of sp³-hybridized carbons (Fsp3) is 0.500. The van der Waals surface area contributed by atoms with E-state index in [0.717, 1.165) is 22.0 Å². The van der Waals surface area contributed by atoms with Gasteiger partial charge in [-0.25, -0.2) is 0 Å². The molecule has 1 aromatic carbocycles. The van der Waals surface area contributed by atoms with E-state index in [1.807, 2.05) is 25.1 Å². The Morgan fingerprint density at radius 2 is 2.17 bits per heavy atom. The van der Waals surface area contributed by atoms with Gasteiger partial charge in [-0.05, 0) is 47.8 Å². The van der Waals surface area contributed by atoms with Crippen molar-refractivity contribution in [3.63, 3.8) is 0 Å². The van der Waals surface area contributed by atoms with E-state index in [0.29, 0.717) is 6.54 Å². The van der Waals surface area contributed by atoms with Gasteiger partial charge in [0.1, 0.15) is 0 Å². The number of hydrogen-bond donors (Lipinski definition) is 1. The van der Waals surface area contributed by atoms with Crippen molar-refractivity contribution < 1.29 is 9.90 Å². The van der Waals surface area contributed by atoms with Gasteiger partial charge in [0.05, 0.1) is 17.2 Å². The van der Waals surface area contributed by atoms with E-state index in [2.05, 4.69) is 15.9 Å². The van der Waals surface area contributed by atoms with Gasteiger partial charge in [-0.3, -0.25) is 4.79 Å². The third kappa shape index (κ3) is 2.19. The van der Waals surface area contributed by atoms with E-state index in [1.54, 1.807) is 18.7 Å². The lowest BCUT2D eigenvalue weighted by Gasteiger charge is -2.36. The van der Waals surface area contributed by atoms with Crippen LogP contribution in [0.15, 0.2) is 22.7 Å². The van der Waals surface area contributed by atoms with Gasteiger partial charge in [0.25, 0.3) is 5.91 Å². The summed E-state index contributed by atoms with van der Waals surface area (Å²) in [4.78, 5) is 14.2. The summed E-state index contributed by atoms with van der Waals surface area (Å²) in [6, 6.07) is 5.62. The van der Waals surface area contributed by atoms with Gasteiger partial charge in [0, 0.05) is 11.0 Å². The van der Waals surface area contributed by atoms with Crippen molar-refractivity contribution in [1.82, 2.24) is 4.90 Å². The lowest BCUT2D eigenvalue weighted by atomic mass is 9.95. The molecule has 18 heavy (non-hydrogen) atoms. The van der Waals surface area contributed by atoms with E-state index < -0.39 is 5.60 Å². The largest absolute Gasteiger partial charge is 0.388 e. The number of aliphatic hydroxyl groups is 1. The van der Waals surface area contributed by atoms with Gasteiger partial charge in [-0.2, -0.15) is 0 Å². The molecular weight excluding hydrogens is 294 g/mol. The maximum absolute atomic E-state index is 12.4. The van der Waals surface area contributed by atoms with Crippen molar-refractivity contribution in [1.29, 1.82) is 0 Å². The lowest BCUT2D eigenvalue weighted by molar-refractivity contribution is -0.0150. The molecule has 1 heterocycles. The molecule has 0 unspecified atom stereocenters. The third-order valence-electron chi connectivity index (χ3n) is 3.49. The molecule has 1 aromatic rings. The Morgan fingerprint density at radius 3 is 2.67 bits per heavy atom. The van der Waals surface area contributed by atoms with Crippen LogP contribution in [-0.4, -0.2) is 27.6 Å². The normalized spacial score (nSPS) is 16.9. The summed E-state index contributed by atoms with van der Waals surface area (Å²) < 4.78 is 0.832. The summed E-state index contributed by atoms with van der Waals surface area (Å²) >= 11 is 3.43. The Balaban J connectivity index is 2.37. The second kappa shape index (κ2) is 4.67. The predicted molar refractivity (Wildman–Crippen MR) is 74.4 cm³/mol. The third-order valence-corrected chi connectivity index (χ3v) is 4.15. The van der Waals surface area contributed by atoms with Crippen molar-refractivity contribution >= 4 is 21.8 Å². The topological polar surface area (TPSA) is 40.5 Å². The van der Waals surface area contributed by atoms with Crippen molar-refractivity contribution in [2.24, 2.45) is 0 Å². The molecule has 2 rings (SSSR count). The molecule has 0 radical (unpaired) electrons. The standard InChI is InChI=1S/C14H18BrNO2/c1-4-11(14(2,3)18)16-8-9-6-5-7-10(15)12(9)13(16)17/h5-7,11,18H,4,8H2,1-3H3/t11-/m1/s1. The highest BCUT2D eigenvalue weighted by atomic mass is 79.9. The van der Waals surface area contributed by atoms with E-state index in [9.17, 15) is 9.90 Å². The van der Waals surface area contributed by atoms with Crippen LogP contribution in [0.25, 0.3) is 0 Å². The molecule has 0 bridgehead atoms. The van der Waals surface area contributed by atoms with E-state index >= 15 is 0 Å². The minimum atomic E-state index is -0.890. The quantitative estimate of drug-likeness (QED) is 0.932. The van der Waals surface area contributed by atoms with Crippen LogP contribution in [0.5, 0.6) is 0 Å². The Hall–Kier alpha value is -0.870. The second-order valence-electron chi connectivity index (χ2n) is 5.28. The van der Waals surface area contributed by atoms with E-state index in [1.165, 1.54) is 0 Å². The number of halogens is 1. The van der Waals surface area contributed by atoms with Gasteiger partial charge < -0.3 is 10.0 Å². The molecule has 0 aromatic heterocycles. The van der Waals surface area contributed by atoms with Gasteiger partial charge in [0.15, 0.2) is 0 Å². The number of benzene rings is 1. The zero-order valence-corrected chi connectivity index (χ0v) is 12.5. The Morgan fingerprint density at radius 1 is 1.50 bits per heavy atom. The highest BCUT2D eigenvalue weighted by Gasteiger charge is 2.39. The Kier molecular flexibility index (Phi) is 3.52. The predicted octanol–water partition coefficient (Wildman–Crippen LogP) is 2.95. The fourth-order valence-electron chi connectivity index (χ4n) is 2.69. The van der Waals surface area contributed by atoms with Crippen molar-refractivity contribution in [3.8, 4) is 0 Å². The maximum Gasteiger partial charge on any atom is 0.256 e. The monoisotopic (exact) mass is 311 g/mol. The van der Waals surface area contributed by atoms with Crippen molar-refractivity contribution in [3.05, 3.63) is 33.8 Å². The summed E-state index contributed by atoms with van der Waals surface area (Å²) in [7, 11) is 0. The summed E-state index contributed by atoms with van der Waals surface area (Å²) in [6.07, 6.45) is 0.737. The average Bonchev–Trinajstić information content (AvgIpc) is 2.57. The van der Waals surface area contributed by atoms with Gasteiger partial charge in [0.2, 0.25) is 0 Å². The number of rotatable bonds is 3. The molecule has 0 saturated carbocycles. The minimum Gasteiger partial charge on any atom is -0.388 e. The zero-order valence-electron chi connectivity index (χ0n) is 10.9. The van der Waals surface area contributed by atoms with Gasteiger partial charge >= 0.3 is 0 Å². The van der Waals surface area contributed by atoms with Crippen LogP contribution in [0.2, 0.25) is 0 Å². The molecule has 0 fully saturated rings. The van der Waals surface area contributed by atoms with E-state index in [-0.39, 0.29) is 11.9 Å². The molecule has 1 atom stereocenters. The van der Waals surface area contributed by atoms with Crippen LogP contribution < -0.4 is 0 Å². The van der Waals surface area contributed by atoms with Crippen LogP contribution in [-0.2, 0) is 6.54 Å². The maximum atomic E-state index is 12.4. The molecule has 98 valence electrons. The van der Waals surface area contributed by atoms with Crippen molar-refractivity contribution in [2.75, 3.05) is 0 Å². The fourth-order valence-corrected chi connectivity index (χ4v) is 3.27. The first-order chi connectivity index (χ1) is 8.36. The summed E-state index contributed by atoms with van der Waals surface area (Å²) in [5.41, 5.74) is 0.871. The molecule has 1 amide bonds. The molecule has 4 heteroatoms. The summed E-state index contributed by atoms with van der Waals surface area (Å²) in [6.45, 7) is 6.09. The number of nitrogens with zero attached hydrogens (tertiary/aromatic N) is 1. The van der Waals surface area contributed by atoms with Gasteiger partial charge in [-0.1, -0.05) is 19.1 Å². The highest BCUT2D eigenvalue weighted by Crippen LogP contribution is 2.33. The first-order valence-corrected chi connectivity index (χ1v) is 6.96. The molecule has 0 aliphatic carbocycles. The lowest BCUT2D eigenvalue weighted by Crippen LogP contribution is -2.49. The molecular formula is C14H18BrNO2. The molecule has 1 aliphatic heterocycles. The number of carbonyl (C=O) groups is 1. The summed E-state index contributed by atoms with van der Waals surface area (Å²) in [5, 5.41) is 10.2. The van der Waals surface area contributed by atoms with Crippen LogP contribution in [0.3, 0.4) is 0 Å². The number of amides is 1. The number of hydrogen-bond acceptors (Lipinski definition) is 2. The average molecular weight is 312 g/mol. The van der Waals surface area contributed by atoms with Crippen molar-refractivity contribution in [2.45, 2.75) is 45.4 Å². The second-order valence-corrected chi connectivity index (χ2v) is 6.14. The first kappa shape index (κ1) is 13.6. The van der Waals surface area contributed by atoms with Crippen LogP contribution in [0, 0.1) is 0 Å². The van der Waals surface area contributed by atoms with Crippen LogP contribution >= 0.6 is 15.9 Å². The van der Waals surface area contributed by atoms with E-state index in [4.69, 9.17) is 0 Å². The Bertz CT molecular complexity index is 479. The zero-order chi connectivity index (χ0) is 13.5. The smallest absolute Gasteiger partial charge is 0.256 e. The Labute approximate surface area is 116 Å².